The highest BCUT2D eigenvalue weighted by Gasteiger charge is 2.08. The van der Waals surface area contributed by atoms with Crippen molar-refractivity contribution in [3.8, 4) is 6.07 Å². The number of nitrogens with zero attached hydrogens (tertiary/aromatic N) is 2. The van der Waals surface area contributed by atoms with Gasteiger partial charge in [-0.05, 0) is 18.2 Å². The SMILES string of the molecule is N#Cc1ccncc1Nc1cc(Cl)c(Cl)cc1Cl. The molecule has 2 rings (SSSR count). The number of nitriles is 1. The van der Waals surface area contributed by atoms with Gasteiger partial charge >= 0.3 is 0 Å². The van der Waals surface area contributed by atoms with E-state index >= 15 is 0 Å². The normalized spacial score (nSPS) is 9.89. The van der Waals surface area contributed by atoms with Crippen LogP contribution in [-0.4, -0.2) is 4.98 Å². The van der Waals surface area contributed by atoms with Crippen molar-refractivity contribution in [1.82, 2.24) is 4.98 Å². The molecule has 6 heteroatoms. The molecule has 0 spiro atoms. The Kier molecular flexibility index (Phi) is 3.93. The average molecular weight is 299 g/mol. The molecule has 0 aliphatic rings. The molecule has 18 heavy (non-hydrogen) atoms. The van der Waals surface area contributed by atoms with Crippen LogP contribution in [0.4, 0.5) is 11.4 Å². The van der Waals surface area contributed by atoms with Gasteiger partial charge in [0.2, 0.25) is 0 Å². The third-order valence-corrected chi connectivity index (χ3v) is 3.26. The molecule has 0 aliphatic carbocycles. The van der Waals surface area contributed by atoms with E-state index in [-0.39, 0.29) is 0 Å². The molecule has 0 atom stereocenters. The van der Waals surface area contributed by atoms with E-state index in [9.17, 15) is 0 Å². The first-order valence-corrected chi connectivity index (χ1v) is 6.01. The summed E-state index contributed by atoms with van der Waals surface area (Å²) in [6, 6.07) is 6.80. The Balaban J connectivity index is 2.41. The summed E-state index contributed by atoms with van der Waals surface area (Å²) < 4.78 is 0. The van der Waals surface area contributed by atoms with E-state index < -0.39 is 0 Å². The van der Waals surface area contributed by atoms with Crippen LogP contribution in [0, 0.1) is 11.3 Å². The van der Waals surface area contributed by atoms with Crippen LogP contribution in [0.1, 0.15) is 5.56 Å². The minimum absolute atomic E-state index is 0.374. The van der Waals surface area contributed by atoms with Gasteiger partial charge in [0, 0.05) is 6.20 Å². The number of pyridine rings is 1. The van der Waals surface area contributed by atoms with Crippen LogP contribution >= 0.6 is 34.8 Å². The second-order valence-electron chi connectivity index (χ2n) is 3.40. The molecule has 1 aromatic carbocycles. The number of hydrogen-bond acceptors (Lipinski definition) is 3. The zero-order chi connectivity index (χ0) is 13.1. The van der Waals surface area contributed by atoms with E-state index in [0.717, 1.165) is 0 Å². The number of nitrogens with one attached hydrogen (secondary N) is 1. The van der Waals surface area contributed by atoms with Gasteiger partial charge in [-0.1, -0.05) is 34.8 Å². The zero-order valence-corrected chi connectivity index (χ0v) is 11.2. The molecule has 0 unspecified atom stereocenters. The van der Waals surface area contributed by atoms with Gasteiger partial charge in [-0.2, -0.15) is 5.26 Å². The maximum absolute atomic E-state index is 8.97. The lowest BCUT2D eigenvalue weighted by Gasteiger charge is -2.10. The van der Waals surface area contributed by atoms with Crippen LogP contribution in [0.15, 0.2) is 30.6 Å². The first-order valence-electron chi connectivity index (χ1n) is 4.87. The Morgan fingerprint density at radius 2 is 1.78 bits per heavy atom. The molecule has 0 fully saturated rings. The molecule has 0 aliphatic heterocycles. The molecular weight excluding hydrogens is 293 g/mol. The number of anilines is 2. The predicted molar refractivity (Wildman–Crippen MR) is 73.7 cm³/mol. The summed E-state index contributed by atoms with van der Waals surface area (Å²) in [5.74, 6) is 0. The maximum Gasteiger partial charge on any atom is 0.101 e. The van der Waals surface area contributed by atoms with Crippen LogP contribution < -0.4 is 5.32 Å². The minimum atomic E-state index is 0.374. The number of halogens is 3. The largest absolute Gasteiger partial charge is 0.352 e. The summed E-state index contributed by atoms with van der Waals surface area (Å²) in [6.45, 7) is 0. The van der Waals surface area contributed by atoms with Gasteiger partial charge in [-0.15, -0.1) is 0 Å². The molecule has 0 amide bonds. The highest BCUT2D eigenvalue weighted by molar-refractivity contribution is 6.44. The van der Waals surface area contributed by atoms with E-state index in [2.05, 4.69) is 16.4 Å². The first-order chi connectivity index (χ1) is 8.61. The van der Waals surface area contributed by atoms with Crippen LogP contribution in [0.5, 0.6) is 0 Å². The minimum Gasteiger partial charge on any atom is -0.352 e. The first kappa shape index (κ1) is 13.0. The van der Waals surface area contributed by atoms with E-state index in [1.807, 2.05) is 0 Å². The standard InChI is InChI=1S/C12H6Cl3N3/c13-8-3-10(15)11(4-9(8)14)18-12-6-17-2-1-7(12)5-16/h1-4,6,18H. The van der Waals surface area contributed by atoms with Gasteiger partial charge < -0.3 is 5.32 Å². The maximum atomic E-state index is 8.97. The number of hydrogen-bond donors (Lipinski definition) is 1. The molecule has 90 valence electrons. The summed E-state index contributed by atoms with van der Waals surface area (Å²) in [4.78, 5) is 3.94. The van der Waals surface area contributed by atoms with E-state index in [1.54, 1.807) is 18.3 Å². The summed E-state index contributed by atoms with van der Waals surface area (Å²) in [6.07, 6.45) is 3.08. The molecule has 0 bridgehead atoms. The lowest BCUT2D eigenvalue weighted by atomic mass is 10.2. The number of benzene rings is 1. The Hall–Kier alpha value is -1.47. The van der Waals surface area contributed by atoms with E-state index in [1.165, 1.54) is 12.3 Å². The highest BCUT2D eigenvalue weighted by Crippen LogP contribution is 2.34. The van der Waals surface area contributed by atoms with Gasteiger partial charge in [0.25, 0.3) is 0 Å². The predicted octanol–water partition coefficient (Wildman–Crippen LogP) is 4.66. The molecule has 3 nitrogen and oxygen atoms in total. The van der Waals surface area contributed by atoms with Gasteiger partial charge in [0.1, 0.15) is 6.07 Å². The van der Waals surface area contributed by atoms with Crippen molar-refractivity contribution in [3.05, 3.63) is 51.2 Å². The topological polar surface area (TPSA) is 48.7 Å². The fourth-order valence-corrected chi connectivity index (χ4v) is 1.95. The second kappa shape index (κ2) is 5.45. The molecule has 1 heterocycles. The second-order valence-corrected chi connectivity index (χ2v) is 4.63. The molecule has 0 saturated heterocycles. The van der Waals surface area contributed by atoms with Crippen molar-refractivity contribution < 1.29 is 0 Å². The van der Waals surface area contributed by atoms with Gasteiger partial charge in [-0.3, -0.25) is 4.98 Å². The molecule has 1 N–H and O–H groups in total. The fourth-order valence-electron chi connectivity index (χ4n) is 1.36. The van der Waals surface area contributed by atoms with Crippen LogP contribution in [0.2, 0.25) is 15.1 Å². The molecule has 1 aromatic heterocycles. The van der Waals surface area contributed by atoms with Crippen molar-refractivity contribution in [3.63, 3.8) is 0 Å². The highest BCUT2D eigenvalue weighted by atomic mass is 35.5. The van der Waals surface area contributed by atoms with Gasteiger partial charge in [0.05, 0.1) is 38.2 Å². The summed E-state index contributed by atoms with van der Waals surface area (Å²) in [7, 11) is 0. The van der Waals surface area contributed by atoms with Crippen LogP contribution in [0.3, 0.4) is 0 Å². The third kappa shape index (κ3) is 2.68. The number of rotatable bonds is 2. The lowest BCUT2D eigenvalue weighted by molar-refractivity contribution is 1.30. The van der Waals surface area contributed by atoms with E-state index in [4.69, 9.17) is 40.1 Å². The average Bonchev–Trinajstić information content (AvgIpc) is 2.36. The smallest absolute Gasteiger partial charge is 0.101 e. The van der Waals surface area contributed by atoms with E-state index in [0.29, 0.717) is 32.0 Å². The lowest BCUT2D eigenvalue weighted by Crippen LogP contribution is -1.95. The van der Waals surface area contributed by atoms with Gasteiger partial charge in [-0.25, -0.2) is 0 Å². The fraction of sp³-hybridized carbons (Fsp3) is 0. The Labute approximate surface area is 119 Å². The van der Waals surface area contributed by atoms with Crippen molar-refractivity contribution in [2.24, 2.45) is 0 Å². The molecule has 0 radical (unpaired) electrons. The summed E-state index contributed by atoms with van der Waals surface area (Å²) >= 11 is 17.8. The quantitative estimate of drug-likeness (QED) is 0.820. The Morgan fingerprint density at radius 3 is 2.50 bits per heavy atom. The van der Waals surface area contributed by atoms with Crippen molar-refractivity contribution in [1.29, 1.82) is 5.26 Å². The summed E-state index contributed by atoms with van der Waals surface area (Å²) in [5.41, 5.74) is 1.59. The van der Waals surface area contributed by atoms with Crippen LogP contribution in [0.25, 0.3) is 0 Å². The Morgan fingerprint density at radius 1 is 1.06 bits per heavy atom. The molecule has 2 aromatic rings. The monoisotopic (exact) mass is 297 g/mol. The van der Waals surface area contributed by atoms with Gasteiger partial charge in [0.15, 0.2) is 0 Å². The Bertz CT molecular complexity index is 635. The van der Waals surface area contributed by atoms with Crippen molar-refractivity contribution in [2.75, 3.05) is 5.32 Å². The van der Waals surface area contributed by atoms with Crippen molar-refractivity contribution in [2.45, 2.75) is 0 Å². The number of aromatic nitrogens is 1. The zero-order valence-electron chi connectivity index (χ0n) is 8.92. The van der Waals surface area contributed by atoms with Crippen LogP contribution in [-0.2, 0) is 0 Å². The van der Waals surface area contributed by atoms with Crippen molar-refractivity contribution >= 4 is 46.2 Å². The molecular formula is C12H6Cl3N3. The third-order valence-electron chi connectivity index (χ3n) is 2.22. The summed E-state index contributed by atoms with van der Waals surface area (Å²) in [5, 5.41) is 13.1. The molecule has 0 saturated carbocycles.